The summed E-state index contributed by atoms with van der Waals surface area (Å²) in [5, 5.41) is 3.17. The van der Waals surface area contributed by atoms with Crippen molar-refractivity contribution in [2.75, 3.05) is 5.32 Å². The number of aromatic nitrogens is 4. The zero-order valence-electron chi connectivity index (χ0n) is 12.9. The Balaban J connectivity index is 1.78. The second kappa shape index (κ2) is 6.08. The summed E-state index contributed by atoms with van der Waals surface area (Å²) in [7, 11) is 0. The van der Waals surface area contributed by atoms with Crippen LogP contribution in [0.4, 0.5) is 14.7 Å². The van der Waals surface area contributed by atoms with Crippen molar-refractivity contribution in [2.24, 2.45) is 0 Å². The van der Waals surface area contributed by atoms with Crippen molar-refractivity contribution in [2.45, 2.75) is 25.5 Å². The van der Waals surface area contributed by atoms with E-state index in [4.69, 9.17) is 0 Å². The first-order chi connectivity index (χ1) is 12.1. The van der Waals surface area contributed by atoms with Crippen molar-refractivity contribution in [1.82, 2.24) is 19.5 Å². The number of hydrogen-bond acceptors (Lipinski definition) is 6. The van der Waals surface area contributed by atoms with Crippen LogP contribution in [0, 0.1) is 0 Å². The van der Waals surface area contributed by atoms with E-state index in [1.54, 1.807) is 0 Å². The lowest BCUT2D eigenvalue weighted by molar-refractivity contribution is -0.0498. The predicted octanol–water partition coefficient (Wildman–Crippen LogP) is 2.35. The van der Waals surface area contributed by atoms with Gasteiger partial charge in [-0.2, -0.15) is 13.8 Å². The molecule has 0 unspecified atom stereocenters. The number of anilines is 1. The van der Waals surface area contributed by atoms with Crippen LogP contribution in [0.5, 0.6) is 5.75 Å². The molecule has 128 valence electrons. The van der Waals surface area contributed by atoms with Gasteiger partial charge in [-0.3, -0.25) is 9.36 Å². The molecule has 0 amide bonds. The highest BCUT2D eigenvalue weighted by Crippen LogP contribution is 2.24. The van der Waals surface area contributed by atoms with E-state index >= 15 is 0 Å². The van der Waals surface area contributed by atoms with Crippen LogP contribution in [-0.2, 0) is 0 Å². The van der Waals surface area contributed by atoms with Gasteiger partial charge in [0.25, 0.3) is 5.56 Å². The molecule has 1 aliphatic carbocycles. The minimum absolute atomic E-state index is 0.0101. The van der Waals surface area contributed by atoms with Gasteiger partial charge in [-0.25, -0.2) is 9.97 Å². The fourth-order valence-electron chi connectivity index (χ4n) is 2.41. The molecule has 1 N–H and O–H groups in total. The lowest BCUT2D eigenvalue weighted by Crippen LogP contribution is -2.20. The first kappa shape index (κ1) is 15.4. The zero-order chi connectivity index (χ0) is 17.4. The summed E-state index contributed by atoms with van der Waals surface area (Å²) in [6.45, 7) is -2.90. The van der Waals surface area contributed by atoms with E-state index in [1.807, 2.05) is 0 Å². The van der Waals surface area contributed by atoms with Crippen molar-refractivity contribution in [1.29, 1.82) is 0 Å². The SMILES string of the molecule is O=c1cnc2cnc(NC3CC3)nc2n1-c1ccc(OC(F)F)cc1. The van der Waals surface area contributed by atoms with Gasteiger partial charge in [0.2, 0.25) is 5.95 Å². The smallest absolute Gasteiger partial charge is 0.387 e. The number of rotatable bonds is 5. The molecule has 0 spiro atoms. The van der Waals surface area contributed by atoms with E-state index in [9.17, 15) is 13.6 Å². The molecule has 1 fully saturated rings. The van der Waals surface area contributed by atoms with Gasteiger partial charge in [-0.1, -0.05) is 0 Å². The number of nitrogens with zero attached hydrogens (tertiary/aromatic N) is 4. The van der Waals surface area contributed by atoms with Gasteiger partial charge >= 0.3 is 6.61 Å². The van der Waals surface area contributed by atoms with E-state index in [2.05, 4.69) is 25.0 Å². The first-order valence-corrected chi connectivity index (χ1v) is 7.67. The zero-order valence-corrected chi connectivity index (χ0v) is 12.9. The van der Waals surface area contributed by atoms with E-state index in [-0.39, 0.29) is 11.3 Å². The van der Waals surface area contributed by atoms with Crippen molar-refractivity contribution in [3.05, 3.63) is 47.0 Å². The van der Waals surface area contributed by atoms with E-state index < -0.39 is 6.61 Å². The van der Waals surface area contributed by atoms with Crippen LogP contribution in [0.3, 0.4) is 0 Å². The highest BCUT2D eigenvalue weighted by Gasteiger charge is 2.22. The summed E-state index contributed by atoms with van der Waals surface area (Å²) in [4.78, 5) is 24.9. The molecule has 0 bridgehead atoms. The molecule has 25 heavy (non-hydrogen) atoms. The van der Waals surface area contributed by atoms with Crippen LogP contribution < -0.4 is 15.6 Å². The molecule has 7 nitrogen and oxygen atoms in total. The van der Waals surface area contributed by atoms with E-state index in [1.165, 1.54) is 41.2 Å². The molecule has 0 radical (unpaired) electrons. The molecule has 1 saturated carbocycles. The third-order valence-corrected chi connectivity index (χ3v) is 3.73. The van der Waals surface area contributed by atoms with E-state index in [0.29, 0.717) is 28.8 Å². The quantitative estimate of drug-likeness (QED) is 0.764. The number of benzene rings is 1. The monoisotopic (exact) mass is 345 g/mol. The Labute approximate surface area is 140 Å². The van der Waals surface area contributed by atoms with Crippen LogP contribution in [0.1, 0.15) is 12.8 Å². The lowest BCUT2D eigenvalue weighted by Gasteiger charge is -2.11. The van der Waals surface area contributed by atoms with Crippen molar-refractivity contribution >= 4 is 17.1 Å². The Kier molecular flexibility index (Phi) is 3.75. The predicted molar refractivity (Wildman–Crippen MR) is 86.2 cm³/mol. The molecular weight excluding hydrogens is 332 g/mol. The number of nitrogens with one attached hydrogen (secondary N) is 1. The summed E-state index contributed by atoms with van der Waals surface area (Å²) in [6.07, 6.45) is 4.83. The molecule has 2 aromatic heterocycles. The molecule has 0 saturated heterocycles. The molecule has 1 aromatic carbocycles. The van der Waals surface area contributed by atoms with Gasteiger partial charge in [0, 0.05) is 6.04 Å². The van der Waals surface area contributed by atoms with Crippen molar-refractivity contribution in [3.63, 3.8) is 0 Å². The maximum atomic E-state index is 12.3. The average Bonchev–Trinajstić information content (AvgIpc) is 3.39. The highest BCUT2D eigenvalue weighted by atomic mass is 19.3. The topological polar surface area (TPSA) is 81.9 Å². The third kappa shape index (κ3) is 3.25. The number of alkyl halides is 2. The van der Waals surface area contributed by atoms with Crippen LogP contribution in [0.25, 0.3) is 16.9 Å². The Bertz CT molecular complexity index is 970. The van der Waals surface area contributed by atoms with Crippen molar-refractivity contribution < 1.29 is 13.5 Å². The van der Waals surface area contributed by atoms with Gasteiger partial charge in [0.15, 0.2) is 5.65 Å². The maximum absolute atomic E-state index is 12.3. The Morgan fingerprint density at radius 3 is 2.60 bits per heavy atom. The molecule has 0 aliphatic heterocycles. The highest BCUT2D eigenvalue weighted by molar-refractivity contribution is 5.72. The normalized spacial score (nSPS) is 14.0. The number of ether oxygens (including phenoxy) is 1. The Hall–Kier alpha value is -3.10. The van der Waals surface area contributed by atoms with Gasteiger partial charge in [0.1, 0.15) is 11.3 Å². The molecule has 1 aliphatic rings. The molecule has 9 heteroatoms. The summed E-state index contributed by atoms with van der Waals surface area (Å²) in [5.74, 6) is 0.435. The lowest BCUT2D eigenvalue weighted by atomic mass is 10.3. The van der Waals surface area contributed by atoms with E-state index in [0.717, 1.165) is 12.8 Å². The van der Waals surface area contributed by atoms with Crippen LogP contribution in [0.2, 0.25) is 0 Å². The van der Waals surface area contributed by atoms with Gasteiger partial charge in [-0.15, -0.1) is 0 Å². The van der Waals surface area contributed by atoms with Crippen molar-refractivity contribution in [3.8, 4) is 11.4 Å². The summed E-state index contributed by atoms with van der Waals surface area (Å²) < 4.78 is 30.2. The number of fused-ring (bicyclic) bond motifs is 1. The van der Waals surface area contributed by atoms with Crippen LogP contribution >= 0.6 is 0 Å². The molecule has 0 atom stereocenters. The number of hydrogen-bond donors (Lipinski definition) is 1. The molecule has 2 heterocycles. The van der Waals surface area contributed by atoms with Gasteiger partial charge < -0.3 is 10.1 Å². The molecular formula is C16H13F2N5O2. The second-order valence-electron chi connectivity index (χ2n) is 5.63. The van der Waals surface area contributed by atoms with Crippen LogP contribution in [0.15, 0.2) is 41.5 Å². The molecule has 3 aromatic rings. The second-order valence-corrected chi connectivity index (χ2v) is 5.63. The first-order valence-electron chi connectivity index (χ1n) is 7.67. The largest absolute Gasteiger partial charge is 0.435 e. The summed E-state index contributed by atoms with van der Waals surface area (Å²) >= 11 is 0. The number of halogens is 2. The fraction of sp³-hybridized carbons (Fsp3) is 0.250. The minimum Gasteiger partial charge on any atom is -0.435 e. The van der Waals surface area contributed by atoms with Crippen LogP contribution in [-0.4, -0.2) is 32.2 Å². The third-order valence-electron chi connectivity index (χ3n) is 3.73. The van der Waals surface area contributed by atoms with Gasteiger partial charge in [-0.05, 0) is 37.1 Å². The Morgan fingerprint density at radius 2 is 1.92 bits per heavy atom. The Morgan fingerprint density at radius 1 is 1.16 bits per heavy atom. The van der Waals surface area contributed by atoms with Gasteiger partial charge in [0.05, 0.1) is 18.1 Å². The maximum Gasteiger partial charge on any atom is 0.387 e. The standard InChI is InChI=1S/C16H13F2N5O2/c17-15(18)25-11-5-3-10(4-6-11)23-13(24)8-19-12-7-20-16(22-14(12)23)21-9-1-2-9/h3-9,15H,1-2H2,(H,20,21,22). The fourth-order valence-corrected chi connectivity index (χ4v) is 2.41. The minimum atomic E-state index is -2.90. The average molecular weight is 345 g/mol. The molecule has 4 rings (SSSR count). The summed E-state index contributed by atoms with van der Waals surface area (Å²) in [6, 6.07) is 6.11. The summed E-state index contributed by atoms with van der Waals surface area (Å²) in [5.41, 5.74) is 0.878.